The molecule has 0 aliphatic carbocycles. The van der Waals surface area contributed by atoms with Crippen LogP contribution in [-0.4, -0.2) is 50.5 Å². The number of hydrogen-bond donors (Lipinski definition) is 1. The van der Waals surface area contributed by atoms with E-state index < -0.39 is 9.84 Å². The number of nitrogens with zero attached hydrogens (tertiary/aromatic N) is 1. The van der Waals surface area contributed by atoms with Crippen molar-refractivity contribution in [2.45, 2.75) is 38.1 Å². The predicted molar refractivity (Wildman–Crippen MR) is 69.6 cm³/mol. The summed E-state index contributed by atoms with van der Waals surface area (Å²) < 4.78 is 22.8. The molecule has 2 heterocycles. The number of sulfone groups is 1. The molecule has 2 rings (SSSR count). The molecule has 2 atom stereocenters. The first-order valence-corrected chi connectivity index (χ1v) is 8.57. The zero-order valence-corrected chi connectivity index (χ0v) is 11.3. The summed E-state index contributed by atoms with van der Waals surface area (Å²) in [7, 11) is -2.79. The van der Waals surface area contributed by atoms with Crippen LogP contribution in [0.15, 0.2) is 0 Å². The molecule has 0 aromatic rings. The summed E-state index contributed by atoms with van der Waals surface area (Å²) in [4.78, 5) is 2.42. The van der Waals surface area contributed by atoms with E-state index in [0.29, 0.717) is 11.5 Å². The maximum Gasteiger partial charge on any atom is 0.150 e. The van der Waals surface area contributed by atoms with Crippen LogP contribution in [0.25, 0.3) is 0 Å². The molecule has 0 bridgehead atoms. The molecule has 5 heteroatoms. The molecule has 0 saturated carbocycles. The number of rotatable bonds is 3. The third kappa shape index (κ3) is 3.93. The van der Waals surface area contributed by atoms with Gasteiger partial charge in [0.05, 0.1) is 11.5 Å². The molecule has 100 valence electrons. The van der Waals surface area contributed by atoms with Crippen molar-refractivity contribution in [1.29, 1.82) is 0 Å². The van der Waals surface area contributed by atoms with Crippen molar-refractivity contribution < 1.29 is 8.42 Å². The van der Waals surface area contributed by atoms with Gasteiger partial charge in [-0.3, -0.25) is 0 Å². The average Bonchev–Trinajstić information content (AvgIpc) is 2.50. The van der Waals surface area contributed by atoms with Gasteiger partial charge in [-0.25, -0.2) is 8.42 Å². The first-order valence-electron chi connectivity index (χ1n) is 6.75. The van der Waals surface area contributed by atoms with E-state index >= 15 is 0 Å². The smallest absolute Gasteiger partial charge is 0.150 e. The van der Waals surface area contributed by atoms with E-state index in [1.54, 1.807) is 0 Å². The first kappa shape index (κ1) is 13.3. The van der Waals surface area contributed by atoms with Gasteiger partial charge in [0.15, 0.2) is 9.84 Å². The van der Waals surface area contributed by atoms with Gasteiger partial charge < -0.3 is 10.6 Å². The van der Waals surface area contributed by atoms with Crippen LogP contribution in [0.4, 0.5) is 0 Å². The number of likely N-dealkylation sites (tertiary alicyclic amines) is 1. The fourth-order valence-electron chi connectivity index (χ4n) is 2.93. The molecule has 4 nitrogen and oxygen atoms in total. The molecule has 0 aromatic carbocycles. The third-order valence-corrected chi connectivity index (χ3v) is 5.83. The molecule has 2 N–H and O–H groups in total. The summed E-state index contributed by atoms with van der Waals surface area (Å²) >= 11 is 0. The summed E-state index contributed by atoms with van der Waals surface area (Å²) in [6, 6.07) is 0.0328. The Hall–Kier alpha value is -0.130. The molecular formula is C12H24N2O2S. The minimum atomic E-state index is -2.79. The normalized spacial score (nSPS) is 32.2. The Bertz CT molecular complexity index is 334. The van der Waals surface area contributed by atoms with Crippen molar-refractivity contribution >= 4 is 9.84 Å². The van der Waals surface area contributed by atoms with Gasteiger partial charge in [-0.2, -0.15) is 0 Å². The molecule has 2 unspecified atom stereocenters. The van der Waals surface area contributed by atoms with Crippen molar-refractivity contribution in [2.24, 2.45) is 11.7 Å². The van der Waals surface area contributed by atoms with Gasteiger partial charge in [-0.15, -0.1) is 0 Å². The average molecular weight is 260 g/mol. The Morgan fingerprint density at radius 1 is 1.18 bits per heavy atom. The summed E-state index contributed by atoms with van der Waals surface area (Å²) in [5.41, 5.74) is 6.18. The van der Waals surface area contributed by atoms with Gasteiger partial charge in [0.25, 0.3) is 0 Å². The van der Waals surface area contributed by atoms with Crippen LogP contribution in [0, 0.1) is 5.92 Å². The summed E-state index contributed by atoms with van der Waals surface area (Å²) in [6.07, 6.45) is 5.93. The summed E-state index contributed by atoms with van der Waals surface area (Å²) in [5, 5.41) is 0. The molecule has 2 saturated heterocycles. The van der Waals surface area contributed by atoms with E-state index in [4.69, 9.17) is 5.73 Å². The van der Waals surface area contributed by atoms with Crippen LogP contribution < -0.4 is 5.73 Å². The van der Waals surface area contributed by atoms with Gasteiger partial charge in [-0.1, -0.05) is 12.8 Å². The Balaban J connectivity index is 1.82. The molecule has 2 fully saturated rings. The molecule has 2 aliphatic heterocycles. The molecular weight excluding hydrogens is 236 g/mol. The van der Waals surface area contributed by atoms with E-state index in [9.17, 15) is 8.42 Å². The predicted octanol–water partition coefficient (Wildman–Crippen LogP) is 0.624. The molecule has 0 aromatic heterocycles. The van der Waals surface area contributed by atoms with Crippen molar-refractivity contribution in [3.05, 3.63) is 0 Å². The minimum Gasteiger partial charge on any atom is -0.326 e. The van der Waals surface area contributed by atoms with E-state index in [0.717, 1.165) is 26.1 Å². The Morgan fingerprint density at radius 2 is 1.82 bits per heavy atom. The van der Waals surface area contributed by atoms with Gasteiger partial charge >= 0.3 is 0 Å². The summed E-state index contributed by atoms with van der Waals surface area (Å²) in [5.74, 6) is 0.830. The largest absolute Gasteiger partial charge is 0.326 e. The highest BCUT2D eigenvalue weighted by Crippen LogP contribution is 2.22. The van der Waals surface area contributed by atoms with Crippen LogP contribution in [0.3, 0.4) is 0 Å². The fourth-order valence-corrected chi connectivity index (χ4v) is 4.82. The van der Waals surface area contributed by atoms with E-state index in [1.807, 2.05) is 0 Å². The Morgan fingerprint density at radius 3 is 2.35 bits per heavy atom. The zero-order valence-electron chi connectivity index (χ0n) is 10.5. The zero-order chi connectivity index (χ0) is 12.3. The lowest BCUT2D eigenvalue weighted by Crippen LogP contribution is -2.43. The lowest BCUT2D eigenvalue weighted by molar-refractivity contribution is 0.243. The number of hydrogen-bond acceptors (Lipinski definition) is 4. The van der Waals surface area contributed by atoms with Gasteiger partial charge in [-0.05, 0) is 38.3 Å². The summed E-state index contributed by atoms with van der Waals surface area (Å²) in [6.45, 7) is 3.14. The van der Waals surface area contributed by atoms with Crippen LogP contribution in [0.5, 0.6) is 0 Å². The maximum atomic E-state index is 11.4. The van der Waals surface area contributed by atoms with Crippen LogP contribution in [0.1, 0.15) is 32.1 Å². The molecule has 17 heavy (non-hydrogen) atoms. The van der Waals surface area contributed by atoms with E-state index in [1.165, 1.54) is 25.7 Å². The number of nitrogens with two attached hydrogens (primary N) is 1. The highest BCUT2D eigenvalue weighted by molar-refractivity contribution is 7.91. The second-order valence-electron chi connectivity index (χ2n) is 5.54. The maximum absolute atomic E-state index is 11.4. The van der Waals surface area contributed by atoms with Crippen LogP contribution in [-0.2, 0) is 9.84 Å². The van der Waals surface area contributed by atoms with Crippen LogP contribution in [0.2, 0.25) is 0 Å². The quantitative estimate of drug-likeness (QED) is 0.808. The topological polar surface area (TPSA) is 63.4 Å². The molecule has 0 radical (unpaired) electrons. The minimum absolute atomic E-state index is 0.0328. The van der Waals surface area contributed by atoms with Crippen LogP contribution >= 0.6 is 0 Å². The Labute approximate surface area is 104 Å². The SMILES string of the molecule is NC(CN1CCCCCC1)C1CCS(=O)(=O)C1. The van der Waals surface area contributed by atoms with E-state index in [2.05, 4.69) is 4.90 Å². The van der Waals surface area contributed by atoms with E-state index in [-0.39, 0.29) is 12.0 Å². The van der Waals surface area contributed by atoms with Crippen molar-refractivity contribution in [3.8, 4) is 0 Å². The molecule has 2 aliphatic rings. The highest BCUT2D eigenvalue weighted by Gasteiger charge is 2.32. The van der Waals surface area contributed by atoms with Gasteiger partial charge in [0.1, 0.15) is 0 Å². The highest BCUT2D eigenvalue weighted by atomic mass is 32.2. The van der Waals surface area contributed by atoms with Crippen molar-refractivity contribution in [2.75, 3.05) is 31.1 Å². The second-order valence-corrected chi connectivity index (χ2v) is 7.77. The van der Waals surface area contributed by atoms with Crippen molar-refractivity contribution in [3.63, 3.8) is 0 Å². The lowest BCUT2D eigenvalue weighted by atomic mass is 9.99. The van der Waals surface area contributed by atoms with Gasteiger partial charge in [0.2, 0.25) is 0 Å². The Kier molecular flexibility index (Phi) is 4.44. The fraction of sp³-hybridized carbons (Fsp3) is 1.00. The third-order valence-electron chi connectivity index (χ3n) is 4.04. The standard InChI is InChI=1S/C12H24N2O2S/c13-12(11-5-8-17(15,16)10-11)9-14-6-3-1-2-4-7-14/h11-12H,1-10,13H2. The van der Waals surface area contributed by atoms with Crippen molar-refractivity contribution in [1.82, 2.24) is 4.90 Å². The first-order chi connectivity index (χ1) is 8.07. The van der Waals surface area contributed by atoms with Gasteiger partial charge in [0, 0.05) is 12.6 Å². The lowest BCUT2D eigenvalue weighted by Gasteiger charge is -2.26. The molecule has 0 spiro atoms. The molecule has 0 amide bonds. The monoisotopic (exact) mass is 260 g/mol. The second kappa shape index (κ2) is 5.67.